The second kappa shape index (κ2) is 14.0. The van der Waals surface area contributed by atoms with Crippen molar-refractivity contribution in [3.05, 3.63) is 55.0 Å². The zero-order valence-corrected chi connectivity index (χ0v) is 27.1. The number of piperazine rings is 1. The van der Waals surface area contributed by atoms with Gasteiger partial charge >= 0.3 is 5.97 Å². The van der Waals surface area contributed by atoms with Gasteiger partial charge in [-0.2, -0.15) is 0 Å². The van der Waals surface area contributed by atoms with E-state index < -0.39 is 0 Å². The number of hydrogen-bond acceptors (Lipinski definition) is 9. The lowest BCUT2D eigenvalue weighted by Crippen LogP contribution is -2.50. The highest BCUT2D eigenvalue weighted by atomic mass is 16.5. The van der Waals surface area contributed by atoms with Crippen LogP contribution in [0.15, 0.2) is 55.0 Å². The summed E-state index contributed by atoms with van der Waals surface area (Å²) >= 11 is 0. The van der Waals surface area contributed by atoms with E-state index in [1.165, 1.54) is 21.8 Å². The smallest absolute Gasteiger partial charge is 0.320 e. The van der Waals surface area contributed by atoms with Crippen LogP contribution < -0.4 is 4.74 Å². The maximum absolute atomic E-state index is 11.7. The number of esters is 1. The van der Waals surface area contributed by atoms with Gasteiger partial charge in [0.15, 0.2) is 0 Å². The summed E-state index contributed by atoms with van der Waals surface area (Å²) in [5.41, 5.74) is 4.58. The molecule has 1 saturated carbocycles. The van der Waals surface area contributed by atoms with Crippen molar-refractivity contribution in [1.82, 2.24) is 29.2 Å². The summed E-state index contributed by atoms with van der Waals surface area (Å²) in [6.07, 6.45) is 10.5. The molecule has 0 atom stereocenters. The standard InChI is InChI=1S/C36H46N6O4/c1-3-44-36(43)25-42-18-16-41(17-19-42)15-14-40-12-9-28(10-13-40)45-29-21-30(22-29)46-35-7-5-27(23-38-35)26-4-6-31-32-24-37-11-8-33(32)39(2)34(31)20-26/h4-8,11,20,23-24,28-30H,3,9-10,12-19,21-22,25H2,1-2H3/t29-,30-. The van der Waals surface area contributed by atoms with Gasteiger partial charge in [0.25, 0.3) is 0 Å². The quantitative estimate of drug-likeness (QED) is 0.226. The fourth-order valence-electron chi connectivity index (χ4n) is 7.13. The van der Waals surface area contributed by atoms with Gasteiger partial charge in [-0.3, -0.25) is 19.6 Å². The number of aryl methyl sites for hydroxylation is 1. The summed E-state index contributed by atoms with van der Waals surface area (Å²) in [6.45, 7) is 11.0. The number of likely N-dealkylation sites (tertiary alicyclic amines) is 1. The molecule has 2 saturated heterocycles. The summed E-state index contributed by atoms with van der Waals surface area (Å²) in [7, 11) is 2.10. The van der Waals surface area contributed by atoms with Gasteiger partial charge in [-0.15, -0.1) is 0 Å². The van der Waals surface area contributed by atoms with Gasteiger partial charge < -0.3 is 23.7 Å². The van der Waals surface area contributed by atoms with Crippen LogP contribution in [0.4, 0.5) is 0 Å². The van der Waals surface area contributed by atoms with E-state index in [0.29, 0.717) is 25.1 Å². The SMILES string of the molecule is CCOC(=O)CN1CCN(CCN2CCC(O[C@H]3C[C@H](Oc4ccc(-c5ccc6c7cnccc7n(C)c6c5)cn4)C3)CC2)CC1. The van der Waals surface area contributed by atoms with E-state index in [-0.39, 0.29) is 18.2 Å². The molecule has 1 aliphatic carbocycles. The number of piperidine rings is 1. The van der Waals surface area contributed by atoms with E-state index >= 15 is 0 Å². The van der Waals surface area contributed by atoms with Crippen molar-refractivity contribution in [2.24, 2.45) is 7.05 Å². The van der Waals surface area contributed by atoms with Gasteiger partial charge in [-0.1, -0.05) is 12.1 Å². The first-order chi connectivity index (χ1) is 22.5. The molecule has 5 heterocycles. The van der Waals surface area contributed by atoms with Gasteiger partial charge in [-0.25, -0.2) is 4.98 Å². The number of pyridine rings is 2. The Balaban J connectivity index is 0.800. The van der Waals surface area contributed by atoms with Gasteiger partial charge in [-0.05, 0) is 43.5 Å². The van der Waals surface area contributed by atoms with Crippen molar-refractivity contribution in [3.8, 4) is 17.0 Å². The van der Waals surface area contributed by atoms with Crippen LogP contribution in [-0.4, -0.2) is 119 Å². The Bertz CT molecular complexity index is 1620. The van der Waals surface area contributed by atoms with E-state index in [0.717, 1.165) is 89.2 Å². The average molecular weight is 627 g/mol. The molecule has 4 aromatic rings. The molecule has 0 spiro atoms. The molecule has 46 heavy (non-hydrogen) atoms. The van der Waals surface area contributed by atoms with Crippen LogP contribution in [-0.2, 0) is 21.3 Å². The second-order valence-electron chi connectivity index (χ2n) is 13.0. The molecular formula is C36H46N6O4. The maximum atomic E-state index is 11.7. The maximum Gasteiger partial charge on any atom is 0.320 e. The molecule has 10 nitrogen and oxygen atoms in total. The number of carbonyl (C=O) groups is 1. The normalized spacial score (nSPS) is 21.9. The Labute approximate surface area is 271 Å². The Morgan fingerprint density at radius 2 is 1.54 bits per heavy atom. The largest absolute Gasteiger partial charge is 0.474 e. The fourth-order valence-corrected chi connectivity index (χ4v) is 7.13. The molecule has 7 rings (SSSR count). The second-order valence-corrected chi connectivity index (χ2v) is 13.0. The Kier molecular flexibility index (Phi) is 9.48. The third kappa shape index (κ3) is 7.05. The van der Waals surface area contributed by atoms with Crippen molar-refractivity contribution in [2.75, 3.05) is 65.5 Å². The van der Waals surface area contributed by atoms with Crippen molar-refractivity contribution in [1.29, 1.82) is 0 Å². The third-order valence-electron chi connectivity index (χ3n) is 9.99. The molecule has 0 bridgehead atoms. The van der Waals surface area contributed by atoms with Crippen LogP contribution in [0, 0.1) is 0 Å². The van der Waals surface area contributed by atoms with Crippen molar-refractivity contribution >= 4 is 27.8 Å². The molecule has 244 valence electrons. The summed E-state index contributed by atoms with van der Waals surface area (Å²) in [4.78, 5) is 28.0. The minimum absolute atomic E-state index is 0.112. The molecule has 0 N–H and O–H groups in total. The van der Waals surface area contributed by atoms with Gasteiger partial charge in [0, 0.05) is 119 Å². The van der Waals surface area contributed by atoms with E-state index in [4.69, 9.17) is 14.2 Å². The number of hydrogen-bond donors (Lipinski definition) is 0. The third-order valence-corrected chi connectivity index (χ3v) is 9.99. The zero-order valence-electron chi connectivity index (χ0n) is 27.1. The van der Waals surface area contributed by atoms with Crippen LogP contribution in [0.1, 0.15) is 32.6 Å². The highest BCUT2D eigenvalue weighted by molar-refractivity contribution is 6.08. The van der Waals surface area contributed by atoms with E-state index in [2.05, 4.69) is 66.6 Å². The first-order valence-corrected chi connectivity index (χ1v) is 17.0. The average Bonchev–Trinajstić information content (AvgIpc) is 3.35. The molecular weight excluding hydrogens is 580 g/mol. The first kappa shape index (κ1) is 31.1. The van der Waals surface area contributed by atoms with Crippen LogP contribution in [0.5, 0.6) is 5.88 Å². The molecule has 0 amide bonds. The summed E-state index contributed by atoms with van der Waals surface area (Å²) < 4.78 is 20.0. The monoisotopic (exact) mass is 626 g/mol. The van der Waals surface area contributed by atoms with Crippen LogP contribution in [0.25, 0.3) is 32.9 Å². The Morgan fingerprint density at radius 1 is 0.804 bits per heavy atom. The molecule has 0 unspecified atom stereocenters. The first-order valence-electron chi connectivity index (χ1n) is 17.0. The number of benzene rings is 1. The van der Waals surface area contributed by atoms with Gasteiger partial charge in [0.05, 0.1) is 30.9 Å². The molecule has 2 aliphatic heterocycles. The highest BCUT2D eigenvalue weighted by Gasteiger charge is 2.35. The zero-order chi connectivity index (χ0) is 31.5. The van der Waals surface area contributed by atoms with Crippen molar-refractivity contribution in [3.63, 3.8) is 0 Å². The van der Waals surface area contributed by atoms with Gasteiger partial charge in [0.2, 0.25) is 5.88 Å². The Hall–Kier alpha value is -3.57. The number of aromatic nitrogens is 3. The molecule has 1 aromatic carbocycles. The lowest BCUT2D eigenvalue weighted by Gasteiger charge is -2.40. The molecule has 3 aliphatic rings. The van der Waals surface area contributed by atoms with E-state index in [1.54, 1.807) is 0 Å². The minimum atomic E-state index is -0.112. The highest BCUT2D eigenvalue weighted by Crippen LogP contribution is 2.33. The van der Waals surface area contributed by atoms with E-state index in [9.17, 15) is 4.79 Å². The lowest BCUT2D eigenvalue weighted by molar-refractivity contribution is -0.144. The number of rotatable bonds is 11. The predicted molar refractivity (Wildman–Crippen MR) is 179 cm³/mol. The minimum Gasteiger partial charge on any atom is -0.474 e. The topological polar surface area (TPSA) is 85.2 Å². The number of ether oxygens (including phenoxy) is 3. The summed E-state index contributed by atoms with van der Waals surface area (Å²) in [5, 5.41) is 2.39. The molecule has 3 aromatic heterocycles. The Morgan fingerprint density at radius 3 is 2.28 bits per heavy atom. The summed E-state index contributed by atoms with van der Waals surface area (Å²) in [5.74, 6) is 0.566. The number of carbonyl (C=O) groups excluding carboxylic acids is 1. The molecule has 10 heteroatoms. The number of fused-ring (bicyclic) bond motifs is 3. The predicted octanol–water partition coefficient (Wildman–Crippen LogP) is 4.36. The van der Waals surface area contributed by atoms with Crippen LogP contribution in [0.2, 0.25) is 0 Å². The summed E-state index contributed by atoms with van der Waals surface area (Å²) in [6, 6.07) is 12.7. The lowest BCUT2D eigenvalue weighted by atomic mass is 9.91. The molecule has 0 radical (unpaired) electrons. The molecule has 3 fully saturated rings. The number of nitrogens with zero attached hydrogens (tertiary/aromatic N) is 6. The van der Waals surface area contributed by atoms with E-state index in [1.807, 2.05) is 31.6 Å². The van der Waals surface area contributed by atoms with Crippen molar-refractivity contribution in [2.45, 2.75) is 50.9 Å². The van der Waals surface area contributed by atoms with Gasteiger partial charge in [0.1, 0.15) is 6.10 Å². The fraction of sp³-hybridized carbons (Fsp3) is 0.528. The van der Waals surface area contributed by atoms with Crippen LogP contribution in [0.3, 0.4) is 0 Å². The van der Waals surface area contributed by atoms with Crippen molar-refractivity contribution < 1.29 is 19.0 Å². The van der Waals surface area contributed by atoms with Crippen LogP contribution >= 0.6 is 0 Å².